The molecule has 3 aromatic rings. The fraction of sp³-hybridized carbons (Fsp3) is 0.471. The molecule has 0 N–H and O–H groups in total. The van der Waals surface area contributed by atoms with Gasteiger partial charge >= 0.3 is 0 Å². The van der Waals surface area contributed by atoms with Crippen LogP contribution in [0.3, 0.4) is 0 Å². The van der Waals surface area contributed by atoms with Gasteiger partial charge in [0.05, 0.1) is 8.86 Å². The molecule has 0 amide bonds. The Balaban J connectivity index is 1.61. The van der Waals surface area contributed by atoms with E-state index in [1.54, 1.807) is 0 Å². The van der Waals surface area contributed by atoms with E-state index in [0.29, 0.717) is 6.42 Å². The summed E-state index contributed by atoms with van der Waals surface area (Å²) in [5.74, 6) is 0. The number of benzene rings is 3. The highest BCUT2D eigenvalue weighted by Gasteiger charge is 2.44. The van der Waals surface area contributed by atoms with Crippen LogP contribution in [0.4, 0.5) is 0 Å². The Labute approximate surface area is 219 Å². The molecule has 3 aromatic carbocycles. The van der Waals surface area contributed by atoms with Crippen LogP contribution in [-0.4, -0.2) is 6.11 Å². The maximum atomic E-state index is 9.61. The van der Waals surface area contributed by atoms with Crippen molar-refractivity contribution in [3.8, 4) is 0 Å². The van der Waals surface area contributed by atoms with E-state index in [-0.39, 0.29) is 0 Å². The molecule has 0 fully saturated rings. The molecule has 0 saturated carbocycles. The predicted molar refractivity (Wildman–Crippen MR) is 160 cm³/mol. The van der Waals surface area contributed by atoms with Crippen LogP contribution in [0, 0.1) is 0 Å². The van der Waals surface area contributed by atoms with E-state index in [4.69, 9.17) is 0 Å². The Kier molecular flexibility index (Phi) is 11.8. The van der Waals surface area contributed by atoms with Crippen molar-refractivity contribution in [2.45, 2.75) is 96.8 Å². The first-order chi connectivity index (χ1) is 18.1. The minimum absolute atomic E-state index is 0.594. The number of hydrogen-bond acceptors (Lipinski definition) is 0. The molecule has 0 saturated heterocycles. The van der Waals surface area contributed by atoms with E-state index >= 15 is 0 Å². The first-order valence-electron chi connectivity index (χ1n) is 15.2. The van der Waals surface area contributed by atoms with Gasteiger partial charge in [-0.3, -0.25) is 0 Å². The summed E-state index contributed by atoms with van der Waals surface area (Å²) in [5.41, 5.74) is 0. The van der Waals surface area contributed by atoms with Crippen molar-refractivity contribution in [3.05, 3.63) is 91.0 Å². The largest absolute Gasteiger partial charge is 0.112 e. The molecule has 0 unspecified atom stereocenters. The average molecular weight is 490 g/mol. The van der Waals surface area contributed by atoms with Crippen molar-refractivity contribution >= 4 is 23.2 Å². The molecular formula is C34H48P+. The molecule has 3 rings (SSSR count). The molecular weight excluding hydrogens is 439 g/mol. The van der Waals surface area contributed by atoms with Crippen LogP contribution in [-0.2, 0) is 0 Å². The Morgan fingerprint density at radius 2 is 0.714 bits per heavy atom. The van der Waals surface area contributed by atoms with E-state index in [2.05, 4.69) is 79.7 Å². The minimum atomic E-state index is -2.51. The summed E-state index contributed by atoms with van der Waals surface area (Å²) in [6.45, 7) is 2.28. The van der Waals surface area contributed by atoms with Gasteiger partial charge in [0.1, 0.15) is 23.2 Å². The zero-order chi connectivity index (χ0) is 26.2. The van der Waals surface area contributed by atoms with Crippen LogP contribution in [0.1, 0.15) is 99.6 Å². The van der Waals surface area contributed by atoms with Crippen molar-refractivity contribution in [1.29, 1.82) is 0 Å². The molecule has 0 aromatic heterocycles. The highest BCUT2D eigenvalue weighted by molar-refractivity contribution is 7.95. The molecule has 0 aliphatic rings. The van der Waals surface area contributed by atoms with E-state index in [0.717, 1.165) is 28.8 Å². The van der Waals surface area contributed by atoms with Gasteiger partial charge < -0.3 is 0 Å². The molecule has 0 spiro atoms. The van der Waals surface area contributed by atoms with E-state index < -0.39 is 13.4 Å². The fourth-order valence-corrected chi connectivity index (χ4v) is 8.86. The lowest BCUT2D eigenvalue weighted by atomic mass is 10.0. The van der Waals surface area contributed by atoms with Gasteiger partial charge in [0.2, 0.25) is 0 Å². The second-order valence-corrected chi connectivity index (χ2v) is 13.0. The van der Waals surface area contributed by atoms with Gasteiger partial charge in [-0.05, 0) is 49.2 Å². The number of unbranched alkanes of at least 4 members (excludes halogenated alkanes) is 12. The highest BCUT2D eigenvalue weighted by Crippen LogP contribution is 2.56. The van der Waals surface area contributed by atoms with E-state index in [1.807, 2.05) is 18.2 Å². The Morgan fingerprint density at radius 3 is 1.03 bits per heavy atom. The minimum Gasteiger partial charge on any atom is -0.0654 e. The fourth-order valence-electron chi connectivity index (χ4n) is 5.07. The zero-order valence-corrected chi connectivity index (χ0v) is 22.9. The Hall–Kier alpha value is -1.91. The second kappa shape index (κ2) is 16.7. The Morgan fingerprint density at radius 1 is 0.429 bits per heavy atom. The third-order valence-electron chi connectivity index (χ3n) is 7.06. The molecule has 0 radical (unpaired) electrons. The van der Waals surface area contributed by atoms with Gasteiger partial charge in [0.25, 0.3) is 0 Å². The van der Waals surface area contributed by atoms with Crippen molar-refractivity contribution in [2.24, 2.45) is 0 Å². The smallest absolute Gasteiger partial charge is 0.0654 e. The molecule has 0 atom stereocenters. The summed E-state index contributed by atoms with van der Waals surface area (Å²) < 4.78 is 19.2. The molecule has 0 bridgehead atoms. The number of rotatable bonds is 18. The predicted octanol–water partition coefficient (Wildman–Crippen LogP) is 9.46. The summed E-state index contributed by atoms with van der Waals surface area (Å²) in [4.78, 5) is 0. The average Bonchev–Trinajstić information content (AvgIpc) is 2.93. The second-order valence-electron chi connectivity index (χ2n) is 9.83. The first-order valence-corrected chi connectivity index (χ1v) is 16.0. The van der Waals surface area contributed by atoms with Gasteiger partial charge in [-0.15, -0.1) is 0 Å². The Bertz CT molecular complexity index is 876. The van der Waals surface area contributed by atoms with Gasteiger partial charge in [-0.25, -0.2) is 0 Å². The lowest BCUT2D eigenvalue weighted by Gasteiger charge is -2.27. The summed E-state index contributed by atoms with van der Waals surface area (Å²) in [5, 5.41) is 3.39. The van der Waals surface area contributed by atoms with Crippen LogP contribution >= 0.6 is 7.26 Å². The van der Waals surface area contributed by atoms with Crippen molar-refractivity contribution in [1.82, 2.24) is 0 Å². The third kappa shape index (κ3) is 8.91. The molecule has 0 aliphatic carbocycles. The summed E-state index contributed by atoms with van der Waals surface area (Å²) in [7, 11) is -2.51. The zero-order valence-electron chi connectivity index (χ0n) is 24.0. The molecule has 188 valence electrons. The van der Waals surface area contributed by atoms with E-state index in [1.165, 1.54) is 70.6 Å². The maximum Gasteiger partial charge on any atom is 0.112 e. The van der Waals surface area contributed by atoms with Crippen LogP contribution in [0.2, 0.25) is 0 Å². The lowest BCUT2D eigenvalue weighted by Crippen LogP contribution is -2.33. The summed E-state index contributed by atoms with van der Waals surface area (Å²) in [6, 6.07) is 31.4. The van der Waals surface area contributed by atoms with Crippen LogP contribution in [0.15, 0.2) is 91.0 Å². The lowest BCUT2D eigenvalue weighted by molar-refractivity contribution is 0.538. The summed E-state index contributed by atoms with van der Waals surface area (Å²) >= 11 is 0. The van der Waals surface area contributed by atoms with Crippen LogP contribution < -0.4 is 15.9 Å². The van der Waals surface area contributed by atoms with Gasteiger partial charge in [0.15, 0.2) is 0 Å². The molecule has 35 heavy (non-hydrogen) atoms. The third-order valence-corrected chi connectivity index (χ3v) is 11.0. The van der Waals surface area contributed by atoms with Crippen molar-refractivity contribution in [3.63, 3.8) is 0 Å². The van der Waals surface area contributed by atoms with E-state index in [9.17, 15) is 2.74 Å². The number of hydrogen-bond donors (Lipinski definition) is 0. The molecule has 0 nitrogen and oxygen atoms in total. The van der Waals surface area contributed by atoms with Crippen molar-refractivity contribution < 1.29 is 2.74 Å². The molecule has 0 heterocycles. The van der Waals surface area contributed by atoms with Gasteiger partial charge in [-0.1, -0.05) is 139 Å². The quantitative estimate of drug-likeness (QED) is 0.123. The summed E-state index contributed by atoms with van der Waals surface area (Å²) in [6.07, 6.45) is 16.3. The van der Waals surface area contributed by atoms with Crippen LogP contribution in [0.5, 0.6) is 0 Å². The van der Waals surface area contributed by atoms with Crippen molar-refractivity contribution in [2.75, 3.05) is 6.11 Å². The monoisotopic (exact) mass is 489 g/mol. The standard InChI is InChI=1S/C34H48P/c1-2-3-4-5-6-7-8-9-10-11-12-13-14-24-31-35(32-25-18-15-19-26-32,33-27-20-16-21-28-33)34-29-22-17-23-30-34/h15-23,25-30H,2-14,24,31H2,1H3/q+1/i31D2. The maximum absolute atomic E-state index is 9.61. The molecule has 0 aliphatic heterocycles. The highest BCUT2D eigenvalue weighted by atomic mass is 31.2. The molecule has 1 heteroatoms. The SMILES string of the molecule is [2H]C([2H])(CCCCCCCCCCCCCCC)[P+](c1ccccc1)(c1ccccc1)c1ccccc1. The van der Waals surface area contributed by atoms with Gasteiger partial charge in [0, 0.05) is 0 Å². The first kappa shape index (κ1) is 24.8. The van der Waals surface area contributed by atoms with Gasteiger partial charge in [-0.2, -0.15) is 0 Å². The van der Waals surface area contributed by atoms with Crippen LogP contribution in [0.25, 0.3) is 0 Å². The topological polar surface area (TPSA) is 0 Å². The normalized spacial score (nSPS) is 12.8.